The molecule has 1 aromatic carbocycles. The highest BCUT2D eigenvalue weighted by molar-refractivity contribution is 5.89. The van der Waals surface area contributed by atoms with E-state index in [-0.39, 0.29) is 17.7 Å². The van der Waals surface area contributed by atoms with Crippen LogP contribution in [0.15, 0.2) is 42.7 Å². The topological polar surface area (TPSA) is 58.4 Å². The van der Waals surface area contributed by atoms with Gasteiger partial charge in [-0.05, 0) is 12.1 Å². The molecule has 0 radical (unpaired) electrons. The van der Waals surface area contributed by atoms with Gasteiger partial charge < -0.3 is 9.80 Å². The van der Waals surface area contributed by atoms with Gasteiger partial charge in [-0.2, -0.15) is 5.10 Å². The van der Waals surface area contributed by atoms with Gasteiger partial charge in [-0.3, -0.25) is 9.59 Å². The normalized spacial score (nSPS) is 17.6. The van der Waals surface area contributed by atoms with Crippen molar-refractivity contribution in [2.24, 2.45) is 5.92 Å². The number of carbonyl (C=O) groups excluding carboxylic acids is 2. The number of amides is 2. The fraction of sp³-hybridized carbons (Fsp3) is 0.353. The first-order chi connectivity index (χ1) is 11.0. The first-order valence-electron chi connectivity index (χ1n) is 7.62. The third kappa shape index (κ3) is 3.26. The highest BCUT2D eigenvalue weighted by atomic mass is 16.2. The average Bonchev–Trinajstić information content (AvgIpc) is 3.15. The summed E-state index contributed by atoms with van der Waals surface area (Å²) in [4.78, 5) is 27.3. The summed E-state index contributed by atoms with van der Waals surface area (Å²) in [6.07, 6.45) is 4.00. The van der Waals surface area contributed by atoms with E-state index < -0.39 is 0 Å². The predicted molar refractivity (Wildman–Crippen MR) is 85.8 cm³/mol. The lowest BCUT2D eigenvalue weighted by Crippen LogP contribution is -2.33. The van der Waals surface area contributed by atoms with E-state index in [1.165, 1.54) is 0 Å². The van der Waals surface area contributed by atoms with Crippen LogP contribution in [0, 0.1) is 5.92 Å². The summed E-state index contributed by atoms with van der Waals surface area (Å²) >= 11 is 0. The molecule has 2 aromatic rings. The van der Waals surface area contributed by atoms with Gasteiger partial charge in [0.25, 0.3) is 0 Å². The zero-order chi connectivity index (χ0) is 16.4. The van der Waals surface area contributed by atoms with Crippen LogP contribution >= 0.6 is 0 Å². The Morgan fingerprint density at radius 2 is 2.09 bits per heavy atom. The number of hydrogen-bond donors (Lipinski definition) is 0. The molecule has 0 N–H and O–H groups in total. The second-order valence-electron chi connectivity index (χ2n) is 6.00. The van der Waals surface area contributed by atoms with E-state index in [2.05, 4.69) is 5.10 Å². The van der Waals surface area contributed by atoms with Crippen LogP contribution in [0.1, 0.15) is 12.0 Å². The van der Waals surface area contributed by atoms with Gasteiger partial charge >= 0.3 is 0 Å². The van der Waals surface area contributed by atoms with Crippen molar-refractivity contribution in [3.8, 4) is 5.69 Å². The summed E-state index contributed by atoms with van der Waals surface area (Å²) in [5, 5.41) is 4.34. The van der Waals surface area contributed by atoms with E-state index in [9.17, 15) is 9.59 Å². The van der Waals surface area contributed by atoms with Crippen molar-refractivity contribution in [3.05, 3.63) is 48.3 Å². The summed E-state index contributed by atoms with van der Waals surface area (Å²) < 4.78 is 1.79. The Labute approximate surface area is 135 Å². The van der Waals surface area contributed by atoms with E-state index in [0.29, 0.717) is 19.5 Å². The number of rotatable bonds is 4. The number of aromatic nitrogens is 2. The Bertz CT molecular complexity index is 710. The second kappa shape index (κ2) is 6.24. The van der Waals surface area contributed by atoms with Crippen LogP contribution in [0.25, 0.3) is 5.69 Å². The lowest BCUT2D eigenvalue weighted by atomic mass is 10.1. The molecule has 2 heterocycles. The highest BCUT2D eigenvalue weighted by Gasteiger charge is 2.33. The fourth-order valence-electron chi connectivity index (χ4n) is 2.86. The molecule has 23 heavy (non-hydrogen) atoms. The molecule has 1 saturated heterocycles. The largest absolute Gasteiger partial charge is 0.345 e. The minimum atomic E-state index is -0.235. The van der Waals surface area contributed by atoms with Gasteiger partial charge in [-0.15, -0.1) is 0 Å². The molecule has 6 nitrogen and oxygen atoms in total. The molecule has 0 saturated carbocycles. The smallest absolute Gasteiger partial charge is 0.228 e. The molecule has 0 bridgehead atoms. The fourth-order valence-corrected chi connectivity index (χ4v) is 2.86. The molecule has 1 aliphatic rings. The van der Waals surface area contributed by atoms with E-state index in [1.807, 2.05) is 36.5 Å². The van der Waals surface area contributed by atoms with Gasteiger partial charge in [-0.1, -0.05) is 18.2 Å². The third-order valence-electron chi connectivity index (χ3n) is 4.14. The summed E-state index contributed by atoms with van der Waals surface area (Å²) in [6, 6.07) is 9.83. The number of nitrogens with zero attached hydrogens (tertiary/aromatic N) is 4. The minimum absolute atomic E-state index is 0.00941. The number of likely N-dealkylation sites (tertiary alicyclic amines) is 1. The van der Waals surface area contributed by atoms with Crippen LogP contribution < -0.4 is 0 Å². The third-order valence-corrected chi connectivity index (χ3v) is 4.14. The number of para-hydroxylation sites is 1. The first kappa shape index (κ1) is 15.3. The summed E-state index contributed by atoms with van der Waals surface area (Å²) in [6.45, 7) is 0.991. The predicted octanol–water partition coefficient (Wildman–Crippen LogP) is 1.31. The van der Waals surface area contributed by atoms with E-state index in [4.69, 9.17) is 0 Å². The number of benzene rings is 1. The van der Waals surface area contributed by atoms with Crippen molar-refractivity contribution < 1.29 is 9.59 Å². The lowest BCUT2D eigenvalue weighted by Gasteiger charge is -2.20. The van der Waals surface area contributed by atoms with Crippen molar-refractivity contribution >= 4 is 11.8 Å². The zero-order valence-corrected chi connectivity index (χ0v) is 13.3. The van der Waals surface area contributed by atoms with Gasteiger partial charge in [0.05, 0.1) is 17.8 Å². The van der Waals surface area contributed by atoms with Gasteiger partial charge in [0.2, 0.25) is 11.8 Å². The van der Waals surface area contributed by atoms with Crippen molar-refractivity contribution in [1.29, 1.82) is 0 Å². The Morgan fingerprint density at radius 1 is 1.35 bits per heavy atom. The summed E-state index contributed by atoms with van der Waals surface area (Å²) in [7, 11) is 3.50. The minimum Gasteiger partial charge on any atom is -0.345 e. The monoisotopic (exact) mass is 312 g/mol. The van der Waals surface area contributed by atoms with Gasteiger partial charge in [0.15, 0.2) is 0 Å². The quantitative estimate of drug-likeness (QED) is 0.855. The maximum atomic E-state index is 12.4. The van der Waals surface area contributed by atoms with E-state index in [1.54, 1.807) is 34.8 Å². The molecular formula is C17H20N4O2. The Morgan fingerprint density at radius 3 is 2.74 bits per heavy atom. The summed E-state index contributed by atoms with van der Waals surface area (Å²) in [5.74, 6) is -0.189. The molecule has 1 atom stereocenters. The van der Waals surface area contributed by atoms with Crippen LogP contribution in [-0.2, 0) is 16.1 Å². The van der Waals surface area contributed by atoms with Gasteiger partial charge in [-0.25, -0.2) is 4.68 Å². The molecule has 0 aliphatic carbocycles. The Hall–Kier alpha value is -2.63. The Kier molecular flexibility index (Phi) is 4.14. The van der Waals surface area contributed by atoms with Crippen molar-refractivity contribution in [3.63, 3.8) is 0 Å². The van der Waals surface area contributed by atoms with Crippen LogP contribution in [0.4, 0.5) is 0 Å². The lowest BCUT2D eigenvalue weighted by molar-refractivity contribution is -0.135. The van der Waals surface area contributed by atoms with E-state index >= 15 is 0 Å². The summed E-state index contributed by atoms with van der Waals surface area (Å²) in [5.41, 5.74) is 1.94. The molecule has 2 amide bonds. The van der Waals surface area contributed by atoms with Gasteiger partial charge in [0.1, 0.15) is 0 Å². The molecule has 3 rings (SSSR count). The second-order valence-corrected chi connectivity index (χ2v) is 6.00. The molecular weight excluding hydrogens is 292 g/mol. The maximum absolute atomic E-state index is 12.4. The molecule has 6 heteroatoms. The van der Waals surface area contributed by atoms with Crippen molar-refractivity contribution in [2.75, 3.05) is 20.6 Å². The highest BCUT2D eigenvalue weighted by Crippen LogP contribution is 2.19. The number of hydrogen-bond acceptors (Lipinski definition) is 3. The maximum Gasteiger partial charge on any atom is 0.228 e. The van der Waals surface area contributed by atoms with Crippen LogP contribution in [-0.4, -0.2) is 52.0 Å². The first-order valence-corrected chi connectivity index (χ1v) is 7.62. The van der Waals surface area contributed by atoms with Gasteiger partial charge in [0, 0.05) is 45.4 Å². The molecule has 1 aliphatic heterocycles. The molecule has 1 aromatic heterocycles. The molecule has 1 fully saturated rings. The van der Waals surface area contributed by atoms with Crippen LogP contribution in [0.2, 0.25) is 0 Å². The molecule has 120 valence electrons. The molecule has 0 spiro atoms. The molecule has 0 unspecified atom stereocenters. The van der Waals surface area contributed by atoms with Crippen molar-refractivity contribution in [2.45, 2.75) is 13.0 Å². The average molecular weight is 312 g/mol. The van der Waals surface area contributed by atoms with Crippen molar-refractivity contribution in [1.82, 2.24) is 19.6 Å². The van der Waals surface area contributed by atoms with Crippen LogP contribution in [0.5, 0.6) is 0 Å². The zero-order valence-electron chi connectivity index (χ0n) is 13.3. The number of carbonyl (C=O) groups is 2. The standard InChI is InChI=1S/C17H20N4O2/c1-19-12-14(8-16(19)22)17(23)20(2)10-13-9-18-21(11-13)15-6-4-3-5-7-15/h3-7,9,11,14H,8,10,12H2,1-2H3/t14-/m1/s1. The van der Waals surface area contributed by atoms with E-state index in [0.717, 1.165) is 11.3 Å². The Balaban J connectivity index is 1.64. The van der Waals surface area contributed by atoms with Crippen LogP contribution in [0.3, 0.4) is 0 Å². The SMILES string of the molecule is CN1C[C@H](C(=O)N(C)Cc2cnn(-c3ccccc3)c2)CC1=O.